The molecule has 2 aliphatic rings. The molecule has 0 aliphatic carbocycles. The molecule has 2 atom stereocenters. The zero-order chi connectivity index (χ0) is 20.7. The van der Waals surface area contributed by atoms with Gasteiger partial charge in [-0.2, -0.15) is 5.10 Å². The van der Waals surface area contributed by atoms with Crippen LogP contribution in [-0.4, -0.2) is 23.8 Å². The molecule has 5 nitrogen and oxygen atoms in total. The van der Waals surface area contributed by atoms with Crippen molar-refractivity contribution in [1.82, 2.24) is 5.01 Å². The van der Waals surface area contributed by atoms with Gasteiger partial charge in [0, 0.05) is 22.6 Å². The summed E-state index contributed by atoms with van der Waals surface area (Å²) in [5, 5.41) is 7.65. The number of rotatable bonds is 3. The minimum absolute atomic E-state index is 0.0749. The number of methoxy groups -OCH3 is 1. The number of nitrogens with zero attached hydrogens (tertiary/aromatic N) is 2. The van der Waals surface area contributed by atoms with Crippen molar-refractivity contribution in [3.8, 4) is 5.75 Å². The van der Waals surface area contributed by atoms with E-state index in [1.54, 1.807) is 12.1 Å². The molecule has 0 N–H and O–H groups in total. The number of carbonyl (C=O) groups excluding carboxylic acids is 1. The molecule has 0 saturated heterocycles. The number of hydrazone groups is 1. The predicted octanol–water partition coefficient (Wildman–Crippen LogP) is 5.37. The van der Waals surface area contributed by atoms with Crippen molar-refractivity contribution in [2.24, 2.45) is 5.10 Å². The number of hydrogen-bond donors (Lipinski definition) is 0. The zero-order valence-corrected chi connectivity index (χ0v) is 17.0. The highest BCUT2D eigenvalue weighted by molar-refractivity contribution is 6.30. The van der Waals surface area contributed by atoms with Gasteiger partial charge in [0.25, 0.3) is 0 Å². The third-order valence-electron chi connectivity index (χ3n) is 5.49. The largest absolute Gasteiger partial charge is 0.465 e. The van der Waals surface area contributed by atoms with Crippen LogP contribution in [-0.2, 0) is 4.74 Å². The molecular weight excluding hydrogens is 400 g/mol. The second-order valence-corrected chi connectivity index (χ2v) is 7.71. The van der Waals surface area contributed by atoms with Crippen molar-refractivity contribution in [3.63, 3.8) is 0 Å². The van der Waals surface area contributed by atoms with Gasteiger partial charge in [0.05, 0.1) is 24.4 Å². The van der Waals surface area contributed by atoms with E-state index in [1.165, 1.54) is 7.11 Å². The number of carbonyl (C=O) groups is 1. The van der Waals surface area contributed by atoms with Crippen molar-refractivity contribution in [2.45, 2.75) is 18.7 Å². The summed E-state index contributed by atoms with van der Waals surface area (Å²) >= 11 is 6.05. The molecule has 0 fully saturated rings. The first-order valence-electron chi connectivity index (χ1n) is 9.69. The molecule has 0 bridgehead atoms. The van der Waals surface area contributed by atoms with Crippen LogP contribution in [0.4, 0.5) is 0 Å². The van der Waals surface area contributed by atoms with Gasteiger partial charge in [-0.05, 0) is 35.9 Å². The van der Waals surface area contributed by atoms with Crippen molar-refractivity contribution in [2.75, 3.05) is 7.11 Å². The topological polar surface area (TPSA) is 51.1 Å². The van der Waals surface area contributed by atoms with E-state index >= 15 is 0 Å². The molecule has 2 aliphatic heterocycles. The third kappa shape index (κ3) is 3.21. The molecule has 3 aromatic rings. The standard InChI is InChI=1S/C24H19ClN2O3/c1-29-24(28)17-8-6-16(7-9-17)23-27-21(19-4-2-3-5-22(19)30-23)14-20(26-27)15-10-12-18(25)13-11-15/h2-13,21,23H,14H2,1H3/t21-,23-/m1/s1. The minimum Gasteiger partial charge on any atom is -0.465 e. The van der Waals surface area contributed by atoms with Crippen LogP contribution in [0.5, 0.6) is 5.75 Å². The Kier molecular flexibility index (Phi) is 4.68. The molecule has 3 aromatic carbocycles. The predicted molar refractivity (Wildman–Crippen MR) is 115 cm³/mol. The van der Waals surface area contributed by atoms with E-state index in [2.05, 4.69) is 6.07 Å². The highest BCUT2D eigenvalue weighted by atomic mass is 35.5. The summed E-state index contributed by atoms with van der Waals surface area (Å²) in [4.78, 5) is 11.8. The molecule has 150 valence electrons. The highest BCUT2D eigenvalue weighted by Gasteiger charge is 2.40. The maximum absolute atomic E-state index is 11.8. The molecule has 0 saturated carbocycles. The van der Waals surface area contributed by atoms with Crippen LogP contribution in [0, 0.1) is 0 Å². The fourth-order valence-corrected chi connectivity index (χ4v) is 4.10. The summed E-state index contributed by atoms with van der Waals surface area (Å²) in [5.41, 5.74) is 4.58. The van der Waals surface area contributed by atoms with Gasteiger partial charge in [0.15, 0.2) is 0 Å². The molecule has 0 radical (unpaired) electrons. The third-order valence-corrected chi connectivity index (χ3v) is 5.75. The van der Waals surface area contributed by atoms with Crippen LogP contribution in [0.1, 0.15) is 45.7 Å². The van der Waals surface area contributed by atoms with Crippen LogP contribution in [0.2, 0.25) is 5.02 Å². The van der Waals surface area contributed by atoms with Crippen LogP contribution < -0.4 is 4.74 Å². The second-order valence-electron chi connectivity index (χ2n) is 7.28. The number of halogens is 1. The summed E-state index contributed by atoms with van der Waals surface area (Å²) < 4.78 is 11.1. The molecule has 0 amide bonds. The Balaban J connectivity index is 1.54. The Bertz CT molecular complexity index is 1130. The van der Waals surface area contributed by atoms with E-state index in [0.29, 0.717) is 10.6 Å². The molecule has 0 unspecified atom stereocenters. The monoisotopic (exact) mass is 418 g/mol. The van der Waals surface area contributed by atoms with Crippen LogP contribution in [0.3, 0.4) is 0 Å². The Hall–Kier alpha value is -3.31. The van der Waals surface area contributed by atoms with Gasteiger partial charge in [0.1, 0.15) is 5.75 Å². The van der Waals surface area contributed by atoms with Gasteiger partial charge in [-0.3, -0.25) is 0 Å². The smallest absolute Gasteiger partial charge is 0.337 e. The van der Waals surface area contributed by atoms with Crippen LogP contribution >= 0.6 is 11.6 Å². The molecule has 5 rings (SSSR count). The van der Waals surface area contributed by atoms with Gasteiger partial charge in [-0.15, -0.1) is 0 Å². The van der Waals surface area contributed by atoms with Crippen molar-refractivity contribution in [3.05, 3.63) is 100 Å². The van der Waals surface area contributed by atoms with Gasteiger partial charge in [-0.25, -0.2) is 9.80 Å². The first-order chi connectivity index (χ1) is 14.6. The highest BCUT2D eigenvalue weighted by Crippen LogP contribution is 2.47. The Morgan fingerprint density at radius 1 is 1.07 bits per heavy atom. The van der Waals surface area contributed by atoms with Crippen molar-refractivity contribution < 1.29 is 14.3 Å². The van der Waals surface area contributed by atoms with Gasteiger partial charge in [-0.1, -0.05) is 54.1 Å². The summed E-state index contributed by atoms with van der Waals surface area (Å²) in [6.07, 6.45) is 0.389. The number of hydrogen-bond acceptors (Lipinski definition) is 5. The van der Waals surface area contributed by atoms with Crippen LogP contribution in [0.15, 0.2) is 77.9 Å². The normalized spacial score (nSPS) is 19.4. The Morgan fingerprint density at radius 2 is 1.80 bits per heavy atom. The number of benzene rings is 3. The lowest BCUT2D eigenvalue weighted by atomic mass is 9.96. The van der Waals surface area contributed by atoms with E-state index in [4.69, 9.17) is 26.2 Å². The summed E-state index contributed by atoms with van der Waals surface area (Å²) in [7, 11) is 1.37. The van der Waals surface area contributed by atoms with Crippen molar-refractivity contribution in [1.29, 1.82) is 0 Å². The number of ether oxygens (including phenoxy) is 2. The van der Waals surface area contributed by atoms with Crippen molar-refractivity contribution >= 4 is 23.3 Å². The molecule has 0 spiro atoms. The van der Waals surface area contributed by atoms with Gasteiger partial charge < -0.3 is 9.47 Å². The zero-order valence-electron chi connectivity index (χ0n) is 16.3. The summed E-state index contributed by atoms with van der Waals surface area (Å²) in [6, 6.07) is 23.2. The summed E-state index contributed by atoms with van der Waals surface area (Å²) in [6.45, 7) is 0. The van der Waals surface area contributed by atoms with Crippen LogP contribution in [0.25, 0.3) is 0 Å². The lowest BCUT2D eigenvalue weighted by Crippen LogP contribution is -2.33. The Morgan fingerprint density at radius 3 is 2.53 bits per heavy atom. The van der Waals surface area contributed by atoms with E-state index in [1.807, 2.05) is 59.6 Å². The first-order valence-corrected chi connectivity index (χ1v) is 10.1. The average Bonchev–Trinajstić information content (AvgIpc) is 3.24. The quantitative estimate of drug-likeness (QED) is 0.536. The number of esters is 1. The molecule has 6 heteroatoms. The minimum atomic E-state index is -0.388. The lowest BCUT2D eigenvalue weighted by Gasteiger charge is -2.38. The SMILES string of the molecule is COC(=O)c1ccc([C@H]2Oc3ccccc3[C@H]3CC(c4ccc(Cl)cc4)=NN32)cc1. The summed E-state index contributed by atoms with van der Waals surface area (Å²) in [5.74, 6) is 0.493. The lowest BCUT2D eigenvalue weighted by molar-refractivity contribution is -0.0190. The number of para-hydroxylation sites is 1. The van der Waals surface area contributed by atoms with E-state index in [9.17, 15) is 4.79 Å². The fraction of sp³-hybridized carbons (Fsp3) is 0.167. The van der Waals surface area contributed by atoms with Gasteiger partial charge >= 0.3 is 5.97 Å². The number of fused-ring (bicyclic) bond motifs is 3. The molecule has 0 aromatic heterocycles. The second kappa shape index (κ2) is 7.50. The maximum Gasteiger partial charge on any atom is 0.337 e. The fourth-order valence-electron chi connectivity index (χ4n) is 3.97. The molecule has 30 heavy (non-hydrogen) atoms. The molecular formula is C24H19ClN2O3. The van der Waals surface area contributed by atoms with Gasteiger partial charge in [0.2, 0.25) is 6.23 Å². The molecule has 2 heterocycles. The van der Waals surface area contributed by atoms with E-state index < -0.39 is 0 Å². The Labute approximate surface area is 179 Å². The average molecular weight is 419 g/mol. The van der Waals surface area contributed by atoms with E-state index in [0.717, 1.165) is 34.6 Å². The van der Waals surface area contributed by atoms with E-state index in [-0.39, 0.29) is 18.2 Å². The first kappa shape index (κ1) is 18.7. The maximum atomic E-state index is 11.8.